The molecule has 2 atom stereocenters. The van der Waals surface area contributed by atoms with Crippen LogP contribution >= 0.6 is 0 Å². The topological polar surface area (TPSA) is 80.0 Å². The number of benzene rings is 1. The largest absolute Gasteiger partial charge is 0.508 e. The van der Waals surface area contributed by atoms with Crippen LogP contribution in [-0.4, -0.2) is 41.1 Å². The van der Waals surface area contributed by atoms with Crippen LogP contribution in [0.25, 0.3) is 11.0 Å². The maximum absolute atomic E-state index is 12.6. The summed E-state index contributed by atoms with van der Waals surface area (Å²) in [5.41, 5.74) is 1.21. The van der Waals surface area contributed by atoms with Gasteiger partial charge in [0, 0.05) is 29.6 Å². The molecule has 6 nitrogen and oxygen atoms in total. The number of carbonyl (C=O) groups is 2. The molecule has 1 aromatic carbocycles. The quantitative estimate of drug-likeness (QED) is 0.833. The SMILES string of the molecule is O=C(Cc1coc2cc(O)ccc12)OCC(=O)N1CCC[C@H]2CCCC[C@H]21. The van der Waals surface area contributed by atoms with Crippen LogP contribution in [0.2, 0.25) is 0 Å². The van der Waals surface area contributed by atoms with E-state index in [1.807, 2.05) is 4.90 Å². The molecule has 6 heteroatoms. The number of aromatic hydroxyl groups is 1. The summed E-state index contributed by atoms with van der Waals surface area (Å²) >= 11 is 0. The number of ether oxygens (including phenoxy) is 1. The lowest BCUT2D eigenvalue weighted by atomic mass is 9.78. The summed E-state index contributed by atoms with van der Waals surface area (Å²) < 4.78 is 10.6. The van der Waals surface area contributed by atoms with Crippen molar-refractivity contribution in [2.75, 3.05) is 13.2 Å². The van der Waals surface area contributed by atoms with Gasteiger partial charge in [0.2, 0.25) is 0 Å². The van der Waals surface area contributed by atoms with Crippen LogP contribution in [0.4, 0.5) is 0 Å². The molecule has 1 N–H and O–H groups in total. The van der Waals surface area contributed by atoms with E-state index >= 15 is 0 Å². The number of piperidine rings is 1. The first-order chi connectivity index (χ1) is 13.1. The number of fused-ring (bicyclic) bond motifs is 2. The Morgan fingerprint density at radius 3 is 2.89 bits per heavy atom. The number of carbonyl (C=O) groups excluding carboxylic acids is 2. The van der Waals surface area contributed by atoms with Gasteiger partial charge in [0.1, 0.15) is 11.3 Å². The van der Waals surface area contributed by atoms with Crippen molar-refractivity contribution in [3.63, 3.8) is 0 Å². The van der Waals surface area contributed by atoms with Gasteiger partial charge in [-0.05, 0) is 43.7 Å². The van der Waals surface area contributed by atoms with Crippen molar-refractivity contribution < 1.29 is 23.8 Å². The van der Waals surface area contributed by atoms with Crippen molar-refractivity contribution in [1.29, 1.82) is 0 Å². The maximum atomic E-state index is 12.6. The predicted octanol–water partition coefficient (Wildman–Crippen LogP) is 3.41. The first-order valence-electron chi connectivity index (χ1n) is 9.76. The van der Waals surface area contributed by atoms with E-state index in [9.17, 15) is 14.7 Å². The van der Waals surface area contributed by atoms with Gasteiger partial charge in [-0.25, -0.2) is 0 Å². The number of furan rings is 1. The molecule has 1 aromatic heterocycles. The summed E-state index contributed by atoms with van der Waals surface area (Å²) in [5, 5.41) is 10.2. The summed E-state index contributed by atoms with van der Waals surface area (Å²) in [7, 11) is 0. The Bertz CT molecular complexity index is 840. The van der Waals surface area contributed by atoms with Crippen molar-refractivity contribution in [1.82, 2.24) is 4.90 Å². The van der Waals surface area contributed by atoms with Crippen molar-refractivity contribution in [3.8, 4) is 5.75 Å². The van der Waals surface area contributed by atoms with Gasteiger partial charge in [0.25, 0.3) is 5.91 Å². The van der Waals surface area contributed by atoms with Crippen molar-refractivity contribution in [2.45, 2.75) is 51.0 Å². The highest BCUT2D eigenvalue weighted by molar-refractivity contribution is 5.87. The molecule has 0 radical (unpaired) electrons. The molecule has 2 aliphatic rings. The maximum Gasteiger partial charge on any atom is 0.310 e. The molecular formula is C21H25NO5. The third-order valence-electron chi connectivity index (χ3n) is 5.89. The van der Waals surface area contributed by atoms with E-state index in [1.54, 1.807) is 12.1 Å². The monoisotopic (exact) mass is 371 g/mol. The summed E-state index contributed by atoms with van der Waals surface area (Å²) in [6, 6.07) is 5.08. The minimum Gasteiger partial charge on any atom is -0.508 e. The summed E-state index contributed by atoms with van der Waals surface area (Å²) in [6.07, 6.45) is 8.48. The van der Waals surface area contributed by atoms with Gasteiger partial charge < -0.3 is 19.2 Å². The number of esters is 1. The Morgan fingerprint density at radius 2 is 2.00 bits per heavy atom. The minimum atomic E-state index is -0.448. The molecular weight excluding hydrogens is 346 g/mol. The molecule has 27 heavy (non-hydrogen) atoms. The zero-order valence-corrected chi connectivity index (χ0v) is 15.4. The Morgan fingerprint density at radius 1 is 1.19 bits per heavy atom. The minimum absolute atomic E-state index is 0.0388. The Balaban J connectivity index is 1.33. The van der Waals surface area contributed by atoms with Gasteiger partial charge in [0.15, 0.2) is 6.61 Å². The zero-order chi connectivity index (χ0) is 18.8. The van der Waals surface area contributed by atoms with E-state index in [4.69, 9.17) is 9.15 Å². The molecule has 0 spiro atoms. The van der Waals surface area contributed by atoms with Gasteiger partial charge in [-0.3, -0.25) is 9.59 Å². The second-order valence-electron chi connectivity index (χ2n) is 7.62. The molecule has 4 rings (SSSR count). The van der Waals surface area contributed by atoms with Gasteiger partial charge >= 0.3 is 5.97 Å². The lowest BCUT2D eigenvalue weighted by Crippen LogP contribution is -2.50. The lowest BCUT2D eigenvalue weighted by Gasteiger charge is -2.44. The number of phenolic OH excluding ortho intramolecular Hbond substituents is 1. The molecule has 2 fully saturated rings. The van der Waals surface area contributed by atoms with Crippen LogP contribution < -0.4 is 0 Å². The van der Waals surface area contributed by atoms with E-state index in [0.29, 0.717) is 23.1 Å². The molecule has 144 valence electrons. The summed E-state index contributed by atoms with van der Waals surface area (Å²) in [4.78, 5) is 26.8. The number of hydrogen-bond donors (Lipinski definition) is 1. The van der Waals surface area contributed by atoms with Crippen LogP contribution in [0, 0.1) is 5.92 Å². The Labute approximate surface area is 158 Å². The lowest BCUT2D eigenvalue weighted by molar-refractivity contribution is -0.154. The molecule has 0 unspecified atom stereocenters. The normalized spacial score (nSPS) is 22.4. The van der Waals surface area contributed by atoms with Crippen LogP contribution in [0.1, 0.15) is 44.1 Å². The number of amides is 1. The van der Waals surface area contributed by atoms with Crippen LogP contribution in [0.5, 0.6) is 5.75 Å². The third kappa shape index (κ3) is 3.80. The van der Waals surface area contributed by atoms with E-state index in [-0.39, 0.29) is 24.7 Å². The third-order valence-corrected chi connectivity index (χ3v) is 5.89. The van der Waals surface area contributed by atoms with Crippen molar-refractivity contribution in [3.05, 3.63) is 30.0 Å². The molecule has 2 heterocycles. The van der Waals surface area contributed by atoms with Crippen LogP contribution in [0.15, 0.2) is 28.9 Å². The van der Waals surface area contributed by atoms with Crippen molar-refractivity contribution in [2.24, 2.45) is 5.92 Å². The molecule has 0 bridgehead atoms. The van der Waals surface area contributed by atoms with E-state index < -0.39 is 5.97 Å². The van der Waals surface area contributed by atoms with Gasteiger partial charge in [-0.15, -0.1) is 0 Å². The summed E-state index contributed by atoms with van der Waals surface area (Å²) in [6.45, 7) is 0.575. The molecule has 2 aromatic rings. The predicted molar refractivity (Wildman–Crippen MR) is 99.2 cm³/mol. The fraction of sp³-hybridized carbons (Fsp3) is 0.524. The average Bonchev–Trinajstić information content (AvgIpc) is 3.07. The number of likely N-dealkylation sites (tertiary alicyclic amines) is 1. The van der Waals surface area contributed by atoms with Crippen molar-refractivity contribution >= 4 is 22.8 Å². The van der Waals surface area contributed by atoms with Gasteiger partial charge in [0.05, 0.1) is 12.7 Å². The number of hydrogen-bond acceptors (Lipinski definition) is 5. The molecule has 1 saturated heterocycles. The van der Waals surface area contributed by atoms with Crippen LogP contribution in [-0.2, 0) is 20.7 Å². The highest BCUT2D eigenvalue weighted by Crippen LogP contribution is 2.35. The number of nitrogens with zero attached hydrogens (tertiary/aromatic N) is 1. The standard InChI is InChI=1S/C21H25NO5/c23-16-7-8-17-15(12-26-19(17)11-16)10-21(25)27-13-20(24)22-9-3-5-14-4-1-2-6-18(14)22/h7-8,11-12,14,18,23H,1-6,9-10,13H2/t14-,18-/m1/s1. The van der Waals surface area contributed by atoms with E-state index in [0.717, 1.165) is 24.8 Å². The van der Waals surface area contributed by atoms with E-state index in [2.05, 4.69) is 0 Å². The fourth-order valence-corrected chi connectivity index (χ4v) is 4.57. The molecule has 1 aliphatic carbocycles. The number of phenols is 1. The first-order valence-corrected chi connectivity index (χ1v) is 9.76. The zero-order valence-electron chi connectivity index (χ0n) is 15.4. The second kappa shape index (κ2) is 7.62. The summed E-state index contributed by atoms with van der Waals surface area (Å²) in [5.74, 6) is 0.193. The second-order valence-corrected chi connectivity index (χ2v) is 7.62. The first kappa shape index (κ1) is 17.9. The Hall–Kier alpha value is -2.50. The highest BCUT2D eigenvalue weighted by atomic mass is 16.5. The van der Waals surface area contributed by atoms with Gasteiger partial charge in [-0.2, -0.15) is 0 Å². The fourth-order valence-electron chi connectivity index (χ4n) is 4.57. The highest BCUT2D eigenvalue weighted by Gasteiger charge is 2.35. The van der Waals surface area contributed by atoms with Gasteiger partial charge in [-0.1, -0.05) is 12.8 Å². The molecule has 1 amide bonds. The Kier molecular flexibility index (Phi) is 5.05. The average molecular weight is 371 g/mol. The number of rotatable bonds is 4. The van der Waals surface area contributed by atoms with Crippen LogP contribution in [0.3, 0.4) is 0 Å². The van der Waals surface area contributed by atoms with E-state index in [1.165, 1.54) is 38.0 Å². The molecule has 1 aliphatic heterocycles. The smallest absolute Gasteiger partial charge is 0.310 e. The molecule has 1 saturated carbocycles.